The fourth-order valence-electron chi connectivity index (χ4n) is 1.79. The molecule has 4 nitrogen and oxygen atoms in total. The highest BCUT2D eigenvalue weighted by Crippen LogP contribution is 2.29. The zero-order valence-electron chi connectivity index (χ0n) is 9.55. The molecule has 2 aromatic heterocycles. The first-order valence-electron chi connectivity index (χ1n) is 5.44. The molecule has 0 amide bonds. The molecule has 94 valence electrons. The Morgan fingerprint density at radius 2 is 2.21 bits per heavy atom. The Labute approximate surface area is 122 Å². The van der Waals surface area contributed by atoms with Crippen LogP contribution in [0.4, 0.5) is 0 Å². The van der Waals surface area contributed by atoms with Gasteiger partial charge < -0.3 is 0 Å². The van der Waals surface area contributed by atoms with Gasteiger partial charge in [0.25, 0.3) is 0 Å². The Morgan fingerprint density at radius 3 is 3.00 bits per heavy atom. The maximum atomic E-state index is 10.7. The van der Waals surface area contributed by atoms with Gasteiger partial charge in [-0.3, -0.25) is 4.79 Å². The molecule has 19 heavy (non-hydrogen) atoms. The Balaban J connectivity index is 2.20. The van der Waals surface area contributed by atoms with E-state index in [1.54, 1.807) is 16.9 Å². The van der Waals surface area contributed by atoms with Crippen molar-refractivity contribution in [2.45, 2.75) is 0 Å². The normalized spacial score (nSPS) is 10.8. The minimum absolute atomic E-state index is 0.521. The van der Waals surface area contributed by atoms with E-state index in [2.05, 4.69) is 26.0 Å². The SMILES string of the molecule is O=Cc1cnc2nn(-c3cccc(Br)c3Cl)cc2c1. The number of halogens is 2. The molecule has 2 heterocycles. The number of rotatable bonds is 2. The first-order chi connectivity index (χ1) is 9.19. The summed E-state index contributed by atoms with van der Waals surface area (Å²) in [5, 5.41) is 5.71. The molecule has 0 bridgehead atoms. The van der Waals surface area contributed by atoms with E-state index >= 15 is 0 Å². The summed E-state index contributed by atoms with van der Waals surface area (Å²) in [5.74, 6) is 0. The summed E-state index contributed by atoms with van der Waals surface area (Å²) in [6.45, 7) is 0. The Hall–Kier alpha value is -1.72. The molecule has 6 heteroatoms. The highest BCUT2D eigenvalue weighted by Gasteiger charge is 2.09. The summed E-state index contributed by atoms with van der Waals surface area (Å²) in [5.41, 5.74) is 1.84. The van der Waals surface area contributed by atoms with Crippen LogP contribution in [0, 0.1) is 0 Å². The van der Waals surface area contributed by atoms with Gasteiger partial charge in [-0.25, -0.2) is 9.67 Å². The monoisotopic (exact) mass is 335 g/mol. The highest BCUT2D eigenvalue weighted by molar-refractivity contribution is 9.10. The predicted octanol–water partition coefficient (Wildman–Crippen LogP) is 3.65. The van der Waals surface area contributed by atoms with Crippen molar-refractivity contribution in [3.05, 3.63) is 51.7 Å². The van der Waals surface area contributed by atoms with Crippen molar-refractivity contribution in [1.82, 2.24) is 14.8 Å². The minimum atomic E-state index is 0.521. The molecule has 0 aliphatic heterocycles. The number of fused-ring (bicyclic) bond motifs is 1. The molecule has 0 aliphatic carbocycles. The van der Waals surface area contributed by atoms with Gasteiger partial charge in [0.15, 0.2) is 11.9 Å². The molecule has 0 N–H and O–H groups in total. The largest absolute Gasteiger partial charge is 0.298 e. The molecule has 0 unspecified atom stereocenters. The molecule has 1 aromatic carbocycles. The number of benzene rings is 1. The van der Waals surface area contributed by atoms with Gasteiger partial charge in [-0.2, -0.15) is 0 Å². The van der Waals surface area contributed by atoms with Crippen molar-refractivity contribution < 1.29 is 4.79 Å². The van der Waals surface area contributed by atoms with E-state index in [4.69, 9.17) is 11.6 Å². The lowest BCUT2D eigenvalue weighted by Crippen LogP contribution is -1.95. The molecule has 3 aromatic rings. The van der Waals surface area contributed by atoms with Gasteiger partial charge in [-0.1, -0.05) is 17.7 Å². The molecule has 0 radical (unpaired) electrons. The first kappa shape index (κ1) is 12.3. The summed E-state index contributed by atoms with van der Waals surface area (Å²) < 4.78 is 2.45. The van der Waals surface area contributed by atoms with Crippen LogP contribution in [-0.4, -0.2) is 21.1 Å². The van der Waals surface area contributed by atoms with Gasteiger partial charge in [0.2, 0.25) is 0 Å². The molecule has 0 fully saturated rings. The fourth-order valence-corrected chi connectivity index (χ4v) is 2.36. The van der Waals surface area contributed by atoms with Crippen LogP contribution in [0.2, 0.25) is 5.02 Å². The summed E-state index contributed by atoms with van der Waals surface area (Å²) in [6.07, 6.45) is 4.05. The fraction of sp³-hybridized carbons (Fsp3) is 0. The van der Waals surface area contributed by atoms with Gasteiger partial charge in [0.1, 0.15) is 0 Å². The lowest BCUT2D eigenvalue weighted by atomic mass is 10.2. The Kier molecular flexibility index (Phi) is 3.08. The van der Waals surface area contributed by atoms with Crippen molar-refractivity contribution in [1.29, 1.82) is 0 Å². The van der Waals surface area contributed by atoms with Crippen molar-refractivity contribution in [3.8, 4) is 5.69 Å². The second kappa shape index (κ2) is 4.75. The second-order valence-corrected chi connectivity index (χ2v) is 5.18. The highest BCUT2D eigenvalue weighted by atomic mass is 79.9. The van der Waals surface area contributed by atoms with E-state index < -0.39 is 0 Å². The van der Waals surface area contributed by atoms with Crippen LogP contribution in [0.3, 0.4) is 0 Å². The van der Waals surface area contributed by atoms with E-state index in [1.165, 1.54) is 6.20 Å². The molecule has 0 saturated heterocycles. The third-order valence-corrected chi connectivity index (χ3v) is 3.98. The third-order valence-electron chi connectivity index (χ3n) is 2.69. The van der Waals surface area contributed by atoms with Crippen LogP contribution in [0.15, 0.2) is 41.1 Å². The molecule has 0 spiro atoms. The number of hydrogen-bond donors (Lipinski definition) is 0. The van der Waals surface area contributed by atoms with Gasteiger partial charge in [0, 0.05) is 27.8 Å². The Bertz CT molecular complexity index is 785. The van der Waals surface area contributed by atoms with Crippen LogP contribution in [0.25, 0.3) is 16.7 Å². The smallest absolute Gasteiger partial charge is 0.181 e. The summed E-state index contributed by atoms with van der Waals surface area (Å²) in [7, 11) is 0. The number of aromatic nitrogens is 3. The van der Waals surface area contributed by atoms with Gasteiger partial charge in [0.05, 0.1) is 10.7 Å². The number of carbonyl (C=O) groups excluding carboxylic acids is 1. The standard InChI is InChI=1S/C13H7BrClN3O/c14-10-2-1-3-11(12(10)15)18-6-9-4-8(7-19)5-16-13(9)17-18/h1-7H. The maximum absolute atomic E-state index is 10.7. The lowest BCUT2D eigenvalue weighted by molar-refractivity contribution is 0.112. The van der Waals surface area contributed by atoms with Crippen molar-refractivity contribution in [3.63, 3.8) is 0 Å². The van der Waals surface area contributed by atoms with Gasteiger partial charge in [-0.15, -0.1) is 5.10 Å². The quantitative estimate of drug-likeness (QED) is 0.671. The molecule has 0 saturated carbocycles. The van der Waals surface area contributed by atoms with Crippen molar-refractivity contribution >= 4 is 44.9 Å². The van der Waals surface area contributed by atoms with E-state index in [0.717, 1.165) is 21.8 Å². The van der Waals surface area contributed by atoms with Crippen molar-refractivity contribution in [2.75, 3.05) is 0 Å². The van der Waals surface area contributed by atoms with Crippen LogP contribution < -0.4 is 0 Å². The average molecular weight is 337 g/mol. The predicted molar refractivity (Wildman–Crippen MR) is 77.0 cm³/mol. The van der Waals surface area contributed by atoms with Gasteiger partial charge >= 0.3 is 0 Å². The number of pyridine rings is 1. The number of nitrogens with zero attached hydrogens (tertiary/aromatic N) is 3. The molecule has 0 aliphatic rings. The second-order valence-electron chi connectivity index (χ2n) is 3.95. The van der Waals surface area contributed by atoms with E-state index in [0.29, 0.717) is 16.2 Å². The molecule has 3 rings (SSSR count). The van der Waals surface area contributed by atoms with Crippen LogP contribution in [0.1, 0.15) is 10.4 Å². The lowest BCUT2D eigenvalue weighted by Gasteiger charge is -2.04. The zero-order chi connectivity index (χ0) is 13.4. The van der Waals surface area contributed by atoms with Crippen LogP contribution in [-0.2, 0) is 0 Å². The average Bonchev–Trinajstić information content (AvgIpc) is 2.84. The molecule has 0 atom stereocenters. The van der Waals surface area contributed by atoms with Crippen LogP contribution >= 0.6 is 27.5 Å². The summed E-state index contributed by atoms with van der Waals surface area (Å²) in [6, 6.07) is 7.34. The first-order valence-corrected chi connectivity index (χ1v) is 6.61. The van der Waals surface area contributed by atoms with E-state index in [1.807, 2.05) is 18.2 Å². The number of carbonyl (C=O) groups is 1. The summed E-state index contributed by atoms with van der Waals surface area (Å²) >= 11 is 9.60. The number of aldehydes is 1. The minimum Gasteiger partial charge on any atom is -0.298 e. The van der Waals surface area contributed by atoms with E-state index in [9.17, 15) is 4.79 Å². The molecular weight excluding hydrogens is 330 g/mol. The van der Waals surface area contributed by atoms with E-state index in [-0.39, 0.29) is 0 Å². The zero-order valence-corrected chi connectivity index (χ0v) is 11.9. The molecular formula is C13H7BrClN3O. The third kappa shape index (κ3) is 2.15. The van der Waals surface area contributed by atoms with Gasteiger partial charge in [-0.05, 0) is 34.1 Å². The summed E-state index contributed by atoms with van der Waals surface area (Å²) in [4.78, 5) is 14.9. The Morgan fingerprint density at radius 1 is 1.37 bits per heavy atom. The maximum Gasteiger partial charge on any atom is 0.181 e. The number of hydrogen-bond acceptors (Lipinski definition) is 3. The van der Waals surface area contributed by atoms with Crippen LogP contribution in [0.5, 0.6) is 0 Å². The topological polar surface area (TPSA) is 47.8 Å². The van der Waals surface area contributed by atoms with Crippen molar-refractivity contribution in [2.24, 2.45) is 0 Å².